The Hall–Kier alpha value is -0.260. The summed E-state index contributed by atoms with van der Waals surface area (Å²) in [6.07, 6.45) is 0. The normalized spacial score (nSPS) is 14.2. The minimum absolute atomic E-state index is 0.658. The van der Waals surface area contributed by atoms with Crippen LogP contribution in [0.25, 0.3) is 0 Å². The summed E-state index contributed by atoms with van der Waals surface area (Å²) < 4.78 is 18.5. The van der Waals surface area contributed by atoms with Crippen molar-refractivity contribution in [2.75, 3.05) is 56.4 Å². The van der Waals surface area contributed by atoms with Crippen LogP contribution in [0, 0.1) is 0 Å². The molecule has 1 rings (SSSR count). The highest BCUT2D eigenvalue weighted by Crippen LogP contribution is 2.43. The lowest BCUT2D eigenvalue weighted by Gasteiger charge is -2.26. The van der Waals surface area contributed by atoms with Crippen molar-refractivity contribution < 1.29 is 0 Å². The minimum Gasteiger partial charge on any atom is -0.258 e. The maximum Gasteiger partial charge on any atom is 0.168 e. The topological polar surface area (TPSA) is 37.7 Å². The zero-order valence-corrected chi connectivity index (χ0v) is 19.7. The number of rotatable bonds is 8. The molecule has 0 unspecified atom stereocenters. The van der Waals surface area contributed by atoms with E-state index in [1.807, 2.05) is 0 Å². The Labute approximate surface area is 160 Å². The summed E-state index contributed by atoms with van der Waals surface area (Å²) in [5.41, 5.74) is 2.17. The maximum absolute atomic E-state index is 4.93. The lowest BCUT2D eigenvalue weighted by atomic mass is 10.3. The van der Waals surface area contributed by atoms with Crippen molar-refractivity contribution in [2.24, 2.45) is 9.53 Å². The molecule has 1 aromatic heterocycles. The second kappa shape index (κ2) is 10.2. The molecule has 0 aromatic carbocycles. The van der Waals surface area contributed by atoms with Crippen molar-refractivity contribution in [1.82, 2.24) is 18.7 Å². The lowest BCUT2D eigenvalue weighted by Crippen LogP contribution is -2.16. The molecule has 142 valence electrons. The molecule has 0 amide bonds. The highest BCUT2D eigenvalue weighted by molar-refractivity contribution is 7.51. The number of thiophene rings is 1. The Kier molecular flexibility index (Phi) is 9.27. The summed E-state index contributed by atoms with van der Waals surface area (Å²) in [6.45, 7) is 4.19. The highest BCUT2D eigenvalue weighted by atomic mass is 32.1. The van der Waals surface area contributed by atoms with Gasteiger partial charge in [-0.3, -0.25) is 18.7 Å². The van der Waals surface area contributed by atoms with Crippen molar-refractivity contribution in [2.45, 2.75) is 13.8 Å². The molecule has 0 bridgehead atoms. The zero-order valence-electron chi connectivity index (χ0n) is 17.1. The van der Waals surface area contributed by atoms with Crippen LogP contribution in [0.3, 0.4) is 0 Å². The van der Waals surface area contributed by atoms with Crippen LogP contribution in [-0.4, -0.2) is 86.5 Å². The number of nitrogens with zero attached hydrogens (tertiary/aromatic N) is 6. The lowest BCUT2D eigenvalue weighted by molar-refractivity contribution is 0.575. The van der Waals surface area contributed by atoms with Gasteiger partial charge in [-0.05, 0) is 82.4 Å². The Morgan fingerprint density at radius 3 is 1.20 bits per heavy atom. The molecule has 6 nitrogen and oxygen atoms in total. The van der Waals surface area contributed by atoms with E-state index in [1.54, 1.807) is 11.3 Å². The van der Waals surface area contributed by atoms with Gasteiger partial charge < -0.3 is 0 Å². The van der Waals surface area contributed by atoms with Gasteiger partial charge in [-0.25, -0.2) is 9.53 Å². The van der Waals surface area contributed by atoms with E-state index >= 15 is 0 Å². The van der Waals surface area contributed by atoms with Gasteiger partial charge in [0.15, 0.2) is 16.7 Å². The largest absolute Gasteiger partial charge is 0.258 e. The van der Waals surface area contributed by atoms with E-state index in [-0.39, 0.29) is 0 Å². The van der Waals surface area contributed by atoms with Gasteiger partial charge in [0, 0.05) is 9.75 Å². The van der Waals surface area contributed by atoms with Crippen LogP contribution in [0.15, 0.2) is 21.7 Å². The van der Waals surface area contributed by atoms with Gasteiger partial charge in [0.05, 0.1) is 11.4 Å². The monoisotopic (exact) mass is 402 g/mol. The molecule has 0 radical (unpaired) electrons. The second-order valence-corrected chi connectivity index (χ2v) is 12.2. The van der Waals surface area contributed by atoms with Crippen molar-refractivity contribution in [3.63, 3.8) is 0 Å². The van der Waals surface area contributed by atoms with Gasteiger partial charge in [-0.1, -0.05) is 0 Å². The van der Waals surface area contributed by atoms with E-state index in [1.165, 1.54) is 9.75 Å². The smallest absolute Gasteiger partial charge is 0.168 e. The summed E-state index contributed by atoms with van der Waals surface area (Å²) >= 11 is 1.77. The number of hydrogen-bond donors (Lipinski definition) is 0. The first kappa shape index (κ1) is 22.8. The van der Waals surface area contributed by atoms with Crippen LogP contribution in [0.4, 0.5) is 0 Å². The molecule has 0 atom stereocenters. The predicted octanol–water partition coefficient (Wildman–Crippen LogP) is 4.07. The Morgan fingerprint density at radius 1 is 0.680 bits per heavy atom. The van der Waals surface area contributed by atoms with Gasteiger partial charge in [0.25, 0.3) is 0 Å². The van der Waals surface area contributed by atoms with Crippen molar-refractivity contribution >= 4 is 39.5 Å². The third-order valence-electron chi connectivity index (χ3n) is 3.23. The van der Waals surface area contributed by atoms with Gasteiger partial charge in [0.1, 0.15) is 0 Å². The molecule has 1 heterocycles. The van der Waals surface area contributed by atoms with E-state index in [0.717, 1.165) is 11.4 Å². The third-order valence-corrected chi connectivity index (χ3v) is 8.35. The SMILES string of the molecule is C/C(=N\P(N(C)C)N(C)C)c1ccc(/C(C)=N/P(N(C)C)N(C)C)s1. The van der Waals surface area contributed by atoms with Gasteiger partial charge in [-0.15, -0.1) is 11.3 Å². The molecule has 0 saturated heterocycles. The summed E-state index contributed by atoms with van der Waals surface area (Å²) in [5, 5.41) is 0. The van der Waals surface area contributed by atoms with E-state index < -0.39 is 16.7 Å². The van der Waals surface area contributed by atoms with E-state index in [2.05, 4.69) is 101 Å². The predicted molar refractivity (Wildman–Crippen MR) is 117 cm³/mol. The van der Waals surface area contributed by atoms with Crippen molar-refractivity contribution in [1.29, 1.82) is 0 Å². The molecular weight excluding hydrogens is 370 g/mol. The van der Waals surface area contributed by atoms with Crippen LogP contribution >= 0.6 is 28.1 Å². The van der Waals surface area contributed by atoms with Gasteiger partial charge >= 0.3 is 0 Å². The Bertz CT molecular complexity index is 543. The molecule has 0 aliphatic rings. The molecule has 1 aromatic rings. The third kappa shape index (κ3) is 6.76. The standard InChI is InChI=1S/C16H32N6P2S/c1-13(17-23(19(3)4)20(5)6)15-11-12-16(25-15)14(2)18-24(21(7)8)22(9)10/h11-12H,1-10H3/b17-13+,18-14+. The second-order valence-electron chi connectivity index (χ2n) is 6.46. The first-order chi connectivity index (χ1) is 11.5. The molecule has 0 aliphatic carbocycles. The summed E-state index contributed by atoms with van der Waals surface area (Å²) in [5.74, 6) is 0. The summed E-state index contributed by atoms with van der Waals surface area (Å²) in [6, 6.07) is 4.31. The average Bonchev–Trinajstić information content (AvgIpc) is 2.98. The fraction of sp³-hybridized carbons (Fsp3) is 0.625. The highest BCUT2D eigenvalue weighted by Gasteiger charge is 2.16. The molecule has 0 saturated carbocycles. The van der Waals surface area contributed by atoms with Crippen molar-refractivity contribution in [3.8, 4) is 0 Å². The van der Waals surface area contributed by atoms with E-state index in [4.69, 9.17) is 9.53 Å². The van der Waals surface area contributed by atoms with Crippen LogP contribution in [-0.2, 0) is 0 Å². The fourth-order valence-electron chi connectivity index (χ4n) is 2.17. The van der Waals surface area contributed by atoms with Crippen LogP contribution in [0.1, 0.15) is 23.6 Å². The first-order valence-corrected chi connectivity index (χ1v) is 11.3. The fourth-order valence-corrected chi connectivity index (χ4v) is 6.10. The maximum atomic E-state index is 4.93. The molecule has 0 spiro atoms. The first-order valence-electron chi connectivity index (χ1n) is 8.04. The Morgan fingerprint density at radius 2 is 0.960 bits per heavy atom. The zero-order chi connectivity index (χ0) is 19.3. The molecule has 0 aliphatic heterocycles. The van der Waals surface area contributed by atoms with Crippen LogP contribution < -0.4 is 0 Å². The summed E-state index contributed by atoms with van der Waals surface area (Å²) in [4.78, 5) is 2.42. The molecule has 0 N–H and O–H groups in total. The van der Waals surface area contributed by atoms with Crippen molar-refractivity contribution in [3.05, 3.63) is 21.9 Å². The molecule has 0 fully saturated rings. The summed E-state index contributed by atoms with van der Waals surface area (Å²) in [7, 11) is 15.3. The van der Waals surface area contributed by atoms with Gasteiger partial charge in [0.2, 0.25) is 0 Å². The van der Waals surface area contributed by atoms with Gasteiger partial charge in [-0.2, -0.15) is 0 Å². The van der Waals surface area contributed by atoms with Crippen LogP contribution in [0.2, 0.25) is 0 Å². The van der Waals surface area contributed by atoms with Crippen LogP contribution in [0.5, 0.6) is 0 Å². The van der Waals surface area contributed by atoms with E-state index in [9.17, 15) is 0 Å². The Balaban J connectivity index is 3.05. The molecular formula is C16H32N6P2S. The molecule has 25 heavy (non-hydrogen) atoms. The number of hydrogen-bond acceptors (Lipinski definition) is 7. The molecule has 9 heteroatoms. The average molecular weight is 402 g/mol. The van der Waals surface area contributed by atoms with E-state index in [0.29, 0.717) is 0 Å². The minimum atomic E-state index is -0.658. The quantitative estimate of drug-likeness (QED) is 0.485.